The van der Waals surface area contributed by atoms with Gasteiger partial charge in [0.2, 0.25) is 5.91 Å². The molecule has 0 aliphatic carbocycles. The molecular formula is C19H18BrNO3. The summed E-state index contributed by atoms with van der Waals surface area (Å²) in [6.07, 6.45) is 1.57. The predicted octanol–water partition coefficient (Wildman–Crippen LogP) is 3.93. The molecule has 5 heteroatoms. The lowest BCUT2D eigenvalue weighted by Crippen LogP contribution is -2.23. The van der Waals surface area contributed by atoms with Crippen molar-refractivity contribution < 1.29 is 14.3 Å². The molecule has 0 aromatic heterocycles. The Kier molecular flexibility index (Phi) is 5.30. The number of esters is 1. The molecule has 124 valence electrons. The van der Waals surface area contributed by atoms with Gasteiger partial charge in [-0.3, -0.25) is 4.79 Å². The molecule has 0 N–H and O–H groups in total. The van der Waals surface area contributed by atoms with Gasteiger partial charge >= 0.3 is 5.97 Å². The molecule has 0 spiro atoms. The molecule has 1 heterocycles. The van der Waals surface area contributed by atoms with E-state index in [1.54, 1.807) is 12.1 Å². The van der Waals surface area contributed by atoms with E-state index in [1.807, 2.05) is 41.3 Å². The highest BCUT2D eigenvalue weighted by molar-refractivity contribution is 9.10. The fourth-order valence-electron chi connectivity index (χ4n) is 2.70. The average Bonchev–Trinajstić information content (AvgIpc) is 2.98. The third kappa shape index (κ3) is 4.23. The van der Waals surface area contributed by atoms with Gasteiger partial charge in [-0.15, -0.1) is 0 Å². The Balaban J connectivity index is 1.56. The molecule has 3 rings (SSSR count). The Bertz CT molecular complexity index is 743. The smallest absolute Gasteiger partial charge is 0.338 e. The maximum Gasteiger partial charge on any atom is 0.338 e. The molecule has 1 aliphatic rings. The van der Waals surface area contributed by atoms with Crippen molar-refractivity contribution in [1.82, 2.24) is 4.90 Å². The Morgan fingerprint density at radius 1 is 1.12 bits per heavy atom. The van der Waals surface area contributed by atoms with E-state index in [1.165, 1.54) is 0 Å². The standard InChI is InChI=1S/C19H18BrNO3/c20-17-4-1-3-15(11-17)13-24-19(23)16-8-6-14(7-9-16)12-21-10-2-5-18(21)22/h1,3-4,6-9,11H,2,5,10,12-13H2. The van der Waals surface area contributed by atoms with Crippen LogP contribution in [0.2, 0.25) is 0 Å². The Morgan fingerprint density at radius 3 is 2.58 bits per heavy atom. The maximum atomic E-state index is 12.1. The van der Waals surface area contributed by atoms with Crippen molar-refractivity contribution in [2.75, 3.05) is 6.54 Å². The van der Waals surface area contributed by atoms with E-state index >= 15 is 0 Å². The van der Waals surface area contributed by atoms with Crippen LogP contribution in [-0.2, 0) is 22.7 Å². The average molecular weight is 388 g/mol. The van der Waals surface area contributed by atoms with Gasteiger partial charge in [0, 0.05) is 24.0 Å². The van der Waals surface area contributed by atoms with E-state index in [0.29, 0.717) is 18.5 Å². The van der Waals surface area contributed by atoms with Crippen LogP contribution in [0.25, 0.3) is 0 Å². The van der Waals surface area contributed by atoms with E-state index in [0.717, 1.165) is 28.6 Å². The van der Waals surface area contributed by atoms with Gasteiger partial charge in [-0.25, -0.2) is 4.79 Å². The quantitative estimate of drug-likeness (QED) is 0.730. The monoisotopic (exact) mass is 387 g/mol. The number of halogens is 1. The minimum Gasteiger partial charge on any atom is -0.457 e. The molecular weight excluding hydrogens is 370 g/mol. The number of rotatable bonds is 5. The van der Waals surface area contributed by atoms with Crippen molar-refractivity contribution in [3.8, 4) is 0 Å². The molecule has 1 fully saturated rings. The SMILES string of the molecule is O=C(OCc1cccc(Br)c1)c1ccc(CN2CCCC2=O)cc1. The van der Waals surface area contributed by atoms with Gasteiger partial charge in [0.05, 0.1) is 5.56 Å². The predicted molar refractivity (Wildman–Crippen MR) is 94.4 cm³/mol. The second-order valence-electron chi connectivity index (χ2n) is 5.82. The zero-order chi connectivity index (χ0) is 16.9. The van der Waals surface area contributed by atoms with Crippen LogP contribution in [0, 0.1) is 0 Å². The van der Waals surface area contributed by atoms with Crippen LogP contribution < -0.4 is 0 Å². The van der Waals surface area contributed by atoms with Gasteiger partial charge in [-0.2, -0.15) is 0 Å². The highest BCUT2D eigenvalue weighted by atomic mass is 79.9. The number of ether oxygens (including phenoxy) is 1. The number of likely N-dealkylation sites (tertiary alicyclic amines) is 1. The maximum absolute atomic E-state index is 12.1. The largest absolute Gasteiger partial charge is 0.457 e. The molecule has 1 amide bonds. The molecule has 0 saturated carbocycles. The summed E-state index contributed by atoms with van der Waals surface area (Å²) in [5.41, 5.74) is 2.47. The van der Waals surface area contributed by atoms with Crippen molar-refractivity contribution in [2.24, 2.45) is 0 Å². The topological polar surface area (TPSA) is 46.6 Å². The van der Waals surface area contributed by atoms with E-state index < -0.39 is 0 Å². The van der Waals surface area contributed by atoms with Crippen molar-refractivity contribution in [3.05, 3.63) is 69.7 Å². The molecule has 1 saturated heterocycles. The van der Waals surface area contributed by atoms with Crippen LogP contribution in [0.1, 0.15) is 34.3 Å². The molecule has 0 bridgehead atoms. The van der Waals surface area contributed by atoms with Crippen LogP contribution >= 0.6 is 15.9 Å². The van der Waals surface area contributed by atoms with Crippen LogP contribution in [-0.4, -0.2) is 23.3 Å². The lowest BCUT2D eigenvalue weighted by atomic mass is 10.1. The summed E-state index contributed by atoms with van der Waals surface area (Å²) < 4.78 is 6.29. The summed E-state index contributed by atoms with van der Waals surface area (Å²) >= 11 is 3.39. The zero-order valence-corrected chi connectivity index (χ0v) is 14.8. The summed E-state index contributed by atoms with van der Waals surface area (Å²) in [5, 5.41) is 0. The first kappa shape index (κ1) is 16.7. The number of hydrogen-bond donors (Lipinski definition) is 0. The van der Waals surface area contributed by atoms with Crippen molar-refractivity contribution >= 4 is 27.8 Å². The van der Waals surface area contributed by atoms with Crippen molar-refractivity contribution in [3.63, 3.8) is 0 Å². The molecule has 0 atom stereocenters. The van der Waals surface area contributed by atoms with Crippen molar-refractivity contribution in [2.45, 2.75) is 26.0 Å². The number of amides is 1. The molecule has 2 aromatic rings. The normalized spacial score (nSPS) is 14.0. The molecule has 4 nitrogen and oxygen atoms in total. The van der Waals surface area contributed by atoms with E-state index in [4.69, 9.17) is 4.74 Å². The van der Waals surface area contributed by atoms with Crippen molar-refractivity contribution in [1.29, 1.82) is 0 Å². The van der Waals surface area contributed by atoms with Crippen LogP contribution in [0.3, 0.4) is 0 Å². The molecule has 2 aromatic carbocycles. The zero-order valence-electron chi connectivity index (χ0n) is 13.2. The molecule has 24 heavy (non-hydrogen) atoms. The number of benzene rings is 2. The number of carbonyl (C=O) groups is 2. The Hall–Kier alpha value is -2.14. The number of nitrogens with zero attached hydrogens (tertiary/aromatic N) is 1. The Morgan fingerprint density at radius 2 is 1.92 bits per heavy atom. The van der Waals surface area contributed by atoms with Gasteiger partial charge in [-0.1, -0.05) is 40.2 Å². The fourth-order valence-corrected chi connectivity index (χ4v) is 3.14. The Labute approximate surface area is 149 Å². The summed E-state index contributed by atoms with van der Waals surface area (Å²) in [5.74, 6) is -0.147. The van der Waals surface area contributed by atoms with Crippen LogP contribution in [0.5, 0.6) is 0 Å². The van der Waals surface area contributed by atoms with E-state index in [-0.39, 0.29) is 18.5 Å². The first-order chi connectivity index (χ1) is 11.6. The van der Waals surface area contributed by atoms with Crippen LogP contribution in [0.15, 0.2) is 53.0 Å². The summed E-state index contributed by atoms with van der Waals surface area (Å²) in [7, 11) is 0. The highest BCUT2D eigenvalue weighted by Gasteiger charge is 2.20. The molecule has 0 unspecified atom stereocenters. The number of carbonyl (C=O) groups excluding carboxylic acids is 2. The van der Waals surface area contributed by atoms with Gasteiger partial charge in [-0.05, 0) is 41.8 Å². The summed E-state index contributed by atoms with van der Waals surface area (Å²) in [4.78, 5) is 25.6. The van der Waals surface area contributed by atoms with Gasteiger partial charge in [0.1, 0.15) is 6.61 Å². The van der Waals surface area contributed by atoms with Gasteiger partial charge in [0.25, 0.3) is 0 Å². The van der Waals surface area contributed by atoms with E-state index in [2.05, 4.69) is 15.9 Å². The third-order valence-electron chi connectivity index (χ3n) is 3.99. The molecule has 0 radical (unpaired) electrons. The van der Waals surface area contributed by atoms with E-state index in [9.17, 15) is 9.59 Å². The minimum absolute atomic E-state index is 0.201. The lowest BCUT2D eigenvalue weighted by molar-refractivity contribution is -0.128. The second kappa shape index (κ2) is 7.62. The minimum atomic E-state index is -0.348. The summed E-state index contributed by atoms with van der Waals surface area (Å²) in [6, 6.07) is 14.9. The summed E-state index contributed by atoms with van der Waals surface area (Å²) in [6.45, 7) is 1.66. The third-order valence-corrected chi connectivity index (χ3v) is 4.49. The van der Waals surface area contributed by atoms with Gasteiger partial charge < -0.3 is 9.64 Å². The van der Waals surface area contributed by atoms with Crippen LogP contribution in [0.4, 0.5) is 0 Å². The first-order valence-electron chi connectivity index (χ1n) is 7.90. The first-order valence-corrected chi connectivity index (χ1v) is 8.69. The number of hydrogen-bond acceptors (Lipinski definition) is 3. The second-order valence-corrected chi connectivity index (χ2v) is 6.74. The fraction of sp³-hybridized carbons (Fsp3) is 0.263. The molecule has 1 aliphatic heterocycles. The van der Waals surface area contributed by atoms with Gasteiger partial charge in [0.15, 0.2) is 0 Å². The highest BCUT2D eigenvalue weighted by Crippen LogP contribution is 2.16. The lowest BCUT2D eigenvalue weighted by Gasteiger charge is -2.15.